The molecule has 0 amide bonds. The molecule has 0 aromatic carbocycles. The van der Waals surface area contributed by atoms with Crippen molar-refractivity contribution in [1.82, 2.24) is 10.2 Å². The maximum absolute atomic E-state index is 5.98. The van der Waals surface area contributed by atoms with Gasteiger partial charge in [-0.3, -0.25) is 4.90 Å². The molecule has 3 heteroatoms. The standard InChI is InChI=1S/C14H26N2O/c1-3-14(2)10-16(8-7-15-14)12-6-9-17-13(12)11-4-5-11/h11-13,15H,3-10H2,1-2H3. The number of nitrogens with zero attached hydrogens (tertiary/aromatic N) is 1. The molecule has 1 aliphatic carbocycles. The molecular weight excluding hydrogens is 212 g/mol. The molecule has 0 aromatic rings. The van der Waals surface area contributed by atoms with Gasteiger partial charge in [0.25, 0.3) is 0 Å². The van der Waals surface area contributed by atoms with E-state index in [1.165, 1.54) is 38.8 Å². The molecule has 2 aliphatic heterocycles. The highest BCUT2D eigenvalue weighted by atomic mass is 16.5. The number of hydrogen-bond acceptors (Lipinski definition) is 3. The molecule has 3 unspecified atom stereocenters. The molecule has 0 aromatic heterocycles. The van der Waals surface area contributed by atoms with Gasteiger partial charge < -0.3 is 10.1 Å². The van der Waals surface area contributed by atoms with Gasteiger partial charge in [-0.25, -0.2) is 0 Å². The van der Waals surface area contributed by atoms with Crippen LogP contribution in [0.4, 0.5) is 0 Å². The van der Waals surface area contributed by atoms with Gasteiger partial charge in [0.05, 0.1) is 6.10 Å². The van der Waals surface area contributed by atoms with Crippen LogP contribution in [0.25, 0.3) is 0 Å². The quantitative estimate of drug-likeness (QED) is 0.809. The van der Waals surface area contributed by atoms with E-state index in [9.17, 15) is 0 Å². The first-order valence-corrected chi connectivity index (χ1v) is 7.32. The lowest BCUT2D eigenvalue weighted by Crippen LogP contribution is -2.61. The summed E-state index contributed by atoms with van der Waals surface area (Å²) in [6.45, 7) is 9.17. The van der Waals surface area contributed by atoms with Crippen molar-refractivity contribution < 1.29 is 4.74 Å². The minimum atomic E-state index is 0.314. The summed E-state index contributed by atoms with van der Waals surface area (Å²) in [7, 11) is 0. The Morgan fingerprint density at radius 1 is 1.35 bits per heavy atom. The average Bonchev–Trinajstić information content (AvgIpc) is 3.07. The Labute approximate surface area is 105 Å². The van der Waals surface area contributed by atoms with E-state index < -0.39 is 0 Å². The SMILES string of the molecule is CCC1(C)CN(C2CCOC2C2CC2)CCN1. The second-order valence-corrected chi connectivity index (χ2v) is 6.34. The van der Waals surface area contributed by atoms with E-state index in [4.69, 9.17) is 4.74 Å². The Bertz CT molecular complexity index is 279. The lowest BCUT2D eigenvalue weighted by atomic mass is 9.93. The summed E-state index contributed by atoms with van der Waals surface area (Å²) < 4.78 is 5.98. The molecule has 0 bridgehead atoms. The fourth-order valence-electron chi connectivity index (χ4n) is 3.47. The summed E-state index contributed by atoms with van der Waals surface area (Å²) in [5.41, 5.74) is 0.314. The van der Waals surface area contributed by atoms with Crippen molar-refractivity contribution in [3.8, 4) is 0 Å². The van der Waals surface area contributed by atoms with Crippen molar-refractivity contribution in [3.05, 3.63) is 0 Å². The van der Waals surface area contributed by atoms with E-state index in [0.717, 1.165) is 19.1 Å². The first-order chi connectivity index (χ1) is 8.22. The summed E-state index contributed by atoms with van der Waals surface area (Å²) in [4.78, 5) is 2.70. The van der Waals surface area contributed by atoms with Gasteiger partial charge in [-0.05, 0) is 38.5 Å². The summed E-state index contributed by atoms with van der Waals surface area (Å²) in [5.74, 6) is 0.880. The summed E-state index contributed by atoms with van der Waals surface area (Å²) in [6.07, 6.45) is 5.82. The maximum Gasteiger partial charge on any atom is 0.0759 e. The smallest absolute Gasteiger partial charge is 0.0759 e. The zero-order valence-corrected chi connectivity index (χ0v) is 11.2. The number of rotatable bonds is 3. The second kappa shape index (κ2) is 4.52. The molecule has 2 heterocycles. The van der Waals surface area contributed by atoms with Gasteiger partial charge >= 0.3 is 0 Å². The first kappa shape index (κ1) is 11.9. The molecule has 98 valence electrons. The normalized spacial score (nSPS) is 44.1. The van der Waals surface area contributed by atoms with Crippen LogP contribution in [0.15, 0.2) is 0 Å². The molecule has 17 heavy (non-hydrogen) atoms. The minimum Gasteiger partial charge on any atom is -0.376 e. The van der Waals surface area contributed by atoms with Gasteiger partial charge in [-0.1, -0.05) is 6.92 Å². The molecule has 2 saturated heterocycles. The van der Waals surface area contributed by atoms with Crippen molar-refractivity contribution in [1.29, 1.82) is 0 Å². The highest BCUT2D eigenvalue weighted by Crippen LogP contribution is 2.40. The Hall–Kier alpha value is -0.120. The van der Waals surface area contributed by atoms with Crippen molar-refractivity contribution in [2.75, 3.05) is 26.2 Å². The van der Waals surface area contributed by atoms with Gasteiger partial charge in [-0.2, -0.15) is 0 Å². The van der Waals surface area contributed by atoms with Crippen LogP contribution < -0.4 is 5.32 Å². The lowest BCUT2D eigenvalue weighted by molar-refractivity contribution is 0.0233. The van der Waals surface area contributed by atoms with E-state index in [1.807, 2.05) is 0 Å². The van der Waals surface area contributed by atoms with E-state index in [-0.39, 0.29) is 0 Å². The Morgan fingerprint density at radius 2 is 2.18 bits per heavy atom. The molecule has 0 spiro atoms. The van der Waals surface area contributed by atoms with Crippen LogP contribution in [0.1, 0.15) is 39.5 Å². The van der Waals surface area contributed by atoms with Crippen LogP contribution in [0, 0.1) is 5.92 Å². The highest BCUT2D eigenvalue weighted by molar-refractivity contribution is 4.99. The summed E-state index contributed by atoms with van der Waals surface area (Å²) in [6, 6.07) is 0.704. The minimum absolute atomic E-state index is 0.314. The van der Waals surface area contributed by atoms with Crippen LogP contribution >= 0.6 is 0 Å². The number of nitrogens with one attached hydrogen (secondary N) is 1. The fraction of sp³-hybridized carbons (Fsp3) is 1.00. The van der Waals surface area contributed by atoms with Crippen molar-refractivity contribution in [2.24, 2.45) is 5.92 Å². The van der Waals surface area contributed by atoms with E-state index in [2.05, 4.69) is 24.1 Å². The van der Waals surface area contributed by atoms with Gasteiger partial charge in [-0.15, -0.1) is 0 Å². The molecule has 3 rings (SSSR count). The summed E-state index contributed by atoms with van der Waals surface area (Å²) >= 11 is 0. The van der Waals surface area contributed by atoms with Gasteiger partial charge in [0.1, 0.15) is 0 Å². The second-order valence-electron chi connectivity index (χ2n) is 6.34. The van der Waals surface area contributed by atoms with E-state index in [0.29, 0.717) is 17.7 Å². The monoisotopic (exact) mass is 238 g/mol. The number of ether oxygens (including phenoxy) is 1. The van der Waals surface area contributed by atoms with E-state index >= 15 is 0 Å². The molecule has 3 fully saturated rings. The van der Waals surface area contributed by atoms with Crippen LogP contribution in [0.2, 0.25) is 0 Å². The first-order valence-electron chi connectivity index (χ1n) is 7.32. The Balaban J connectivity index is 1.66. The zero-order chi connectivity index (χ0) is 11.9. The zero-order valence-electron chi connectivity index (χ0n) is 11.2. The van der Waals surface area contributed by atoms with Crippen LogP contribution in [-0.2, 0) is 4.74 Å². The molecule has 1 N–H and O–H groups in total. The van der Waals surface area contributed by atoms with Gasteiger partial charge in [0.15, 0.2) is 0 Å². The molecule has 3 nitrogen and oxygen atoms in total. The predicted octanol–water partition coefficient (Wildman–Crippen LogP) is 1.63. The Kier molecular flexibility index (Phi) is 3.18. The van der Waals surface area contributed by atoms with Crippen molar-refractivity contribution in [2.45, 2.75) is 57.2 Å². The van der Waals surface area contributed by atoms with Crippen molar-refractivity contribution >= 4 is 0 Å². The fourth-order valence-corrected chi connectivity index (χ4v) is 3.47. The summed E-state index contributed by atoms with van der Waals surface area (Å²) in [5, 5.41) is 3.68. The lowest BCUT2D eigenvalue weighted by Gasteiger charge is -2.44. The van der Waals surface area contributed by atoms with Crippen LogP contribution in [0.5, 0.6) is 0 Å². The van der Waals surface area contributed by atoms with Crippen LogP contribution in [-0.4, -0.2) is 48.8 Å². The number of piperazine rings is 1. The van der Waals surface area contributed by atoms with Gasteiger partial charge in [0, 0.05) is 37.8 Å². The molecule has 3 aliphatic rings. The van der Waals surface area contributed by atoms with Crippen LogP contribution in [0.3, 0.4) is 0 Å². The Morgan fingerprint density at radius 3 is 2.88 bits per heavy atom. The average molecular weight is 238 g/mol. The van der Waals surface area contributed by atoms with E-state index in [1.54, 1.807) is 0 Å². The third-order valence-electron chi connectivity index (χ3n) is 4.94. The largest absolute Gasteiger partial charge is 0.376 e. The van der Waals surface area contributed by atoms with Gasteiger partial charge in [0.2, 0.25) is 0 Å². The topological polar surface area (TPSA) is 24.5 Å². The maximum atomic E-state index is 5.98. The predicted molar refractivity (Wildman–Crippen MR) is 69.1 cm³/mol. The molecular formula is C14H26N2O. The number of hydrogen-bond donors (Lipinski definition) is 1. The van der Waals surface area contributed by atoms with Crippen molar-refractivity contribution in [3.63, 3.8) is 0 Å². The third-order valence-corrected chi connectivity index (χ3v) is 4.94. The molecule has 3 atom stereocenters. The molecule has 0 radical (unpaired) electrons. The highest BCUT2D eigenvalue weighted by Gasteiger charge is 2.44. The molecule has 1 saturated carbocycles. The third kappa shape index (κ3) is 2.38.